The molecule has 0 bridgehead atoms. The Balaban J connectivity index is 1.29. The van der Waals surface area contributed by atoms with Gasteiger partial charge in [-0.15, -0.1) is 0 Å². The number of aromatic amines is 1. The number of nitrogens with zero attached hydrogens (tertiary/aromatic N) is 1. The van der Waals surface area contributed by atoms with Crippen LogP contribution < -0.4 is 10.1 Å². The van der Waals surface area contributed by atoms with Crippen molar-refractivity contribution < 1.29 is 4.74 Å². The Morgan fingerprint density at radius 2 is 1.96 bits per heavy atom. The third kappa shape index (κ3) is 3.01. The number of hydrogen-bond acceptors (Lipinski definition) is 3. The van der Waals surface area contributed by atoms with Gasteiger partial charge < -0.3 is 19.9 Å². The topological polar surface area (TPSA) is 40.3 Å². The Kier molecular flexibility index (Phi) is 4.61. The SMILES string of the molecule is COc1ccccc1CCCN1CCC2(C1)NCCc1c2[nH]c2ccccc12. The molecular weight excluding hydrogens is 346 g/mol. The monoisotopic (exact) mass is 375 g/mol. The first-order valence-corrected chi connectivity index (χ1v) is 10.5. The summed E-state index contributed by atoms with van der Waals surface area (Å²) < 4.78 is 5.50. The number of benzene rings is 2. The largest absolute Gasteiger partial charge is 0.496 e. The molecule has 0 radical (unpaired) electrons. The summed E-state index contributed by atoms with van der Waals surface area (Å²) in [4.78, 5) is 6.39. The fraction of sp³-hybridized carbons (Fsp3) is 0.417. The van der Waals surface area contributed by atoms with E-state index in [1.165, 1.54) is 34.1 Å². The molecule has 28 heavy (non-hydrogen) atoms. The van der Waals surface area contributed by atoms with Crippen LogP contribution in [0.25, 0.3) is 10.9 Å². The highest BCUT2D eigenvalue weighted by molar-refractivity contribution is 5.85. The van der Waals surface area contributed by atoms with Crippen LogP contribution in [0.5, 0.6) is 5.75 Å². The summed E-state index contributed by atoms with van der Waals surface area (Å²) in [6, 6.07) is 17.1. The first-order valence-electron chi connectivity index (χ1n) is 10.5. The van der Waals surface area contributed by atoms with Gasteiger partial charge in [-0.3, -0.25) is 0 Å². The molecule has 1 aromatic heterocycles. The van der Waals surface area contributed by atoms with E-state index >= 15 is 0 Å². The smallest absolute Gasteiger partial charge is 0.122 e. The van der Waals surface area contributed by atoms with Gasteiger partial charge in [-0.1, -0.05) is 36.4 Å². The first kappa shape index (κ1) is 17.8. The summed E-state index contributed by atoms with van der Waals surface area (Å²) >= 11 is 0. The van der Waals surface area contributed by atoms with Gasteiger partial charge in [0.1, 0.15) is 5.75 Å². The number of ether oxygens (including phenoxy) is 1. The molecule has 1 spiro atoms. The van der Waals surface area contributed by atoms with Crippen molar-refractivity contribution >= 4 is 10.9 Å². The quantitative estimate of drug-likeness (QED) is 0.711. The lowest BCUT2D eigenvalue weighted by atomic mass is 9.86. The Labute approximate surface area is 166 Å². The highest BCUT2D eigenvalue weighted by Crippen LogP contribution is 2.39. The first-order chi connectivity index (χ1) is 13.8. The van der Waals surface area contributed by atoms with E-state index in [9.17, 15) is 0 Å². The summed E-state index contributed by atoms with van der Waals surface area (Å²) in [6.45, 7) is 4.47. The average Bonchev–Trinajstić information content (AvgIpc) is 3.32. The van der Waals surface area contributed by atoms with Crippen LogP contribution in [0.2, 0.25) is 0 Å². The minimum absolute atomic E-state index is 0.0943. The van der Waals surface area contributed by atoms with Gasteiger partial charge in [-0.05, 0) is 55.5 Å². The van der Waals surface area contributed by atoms with E-state index in [1.807, 2.05) is 6.07 Å². The van der Waals surface area contributed by atoms with Gasteiger partial charge in [0.05, 0.1) is 12.6 Å². The molecule has 1 fully saturated rings. The van der Waals surface area contributed by atoms with E-state index in [2.05, 4.69) is 57.7 Å². The number of aryl methyl sites for hydroxylation is 1. The molecule has 2 aliphatic rings. The van der Waals surface area contributed by atoms with Crippen LogP contribution in [-0.2, 0) is 18.4 Å². The lowest BCUT2D eigenvalue weighted by Gasteiger charge is -2.35. The summed E-state index contributed by atoms with van der Waals surface area (Å²) in [5, 5.41) is 5.29. The molecule has 4 heteroatoms. The average molecular weight is 376 g/mol. The molecule has 0 amide bonds. The molecular formula is C24H29N3O. The number of para-hydroxylation sites is 2. The zero-order valence-electron chi connectivity index (χ0n) is 16.6. The number of hydrogen-bond donors (Lipinski definition) is 2. The van der Waals surface area contributed by atoms with Crippen LogP contribution in [-0.4, -0.2) is 43.2 Å². The molecule has 1 unspecified atom stereocenters. The number of rotatable bonds is 5. The van der Waals surface area contributed by atoms with Gasteiger partial charge >= 0.3 is 0 Å². The van der Waals surface area contributed by atoms with Gasteiger partial charge in [0.25, 0.3) is 0 Å². The standard InChI is InChI=1S/C24H29N3O/c1-28-22-11-5-2-7-18(22)8-6-15-27-16-13-24(17-27)23-20(12-14-25-24)19-9-3-4-10-21(19)26-23/h2-5,7,9-11,25-26H,6,8,12-17H2,1H3. The van der Waals surface area contributed by atoms with Crippen LogP contribution in [0.15, 0.2) is 48.5 Å². The van der Waals surface area contributed by atoms with Gasteiger partial charge in [0.15, 0.2) is 0 Å². The zero-order chi connectivity index (χ0) is 19.0. The highest BCUT2D eigenvalue weighted by atomic mass is 16.5. The van der Waals surface area contributed by atoms with Crippen LogP contribution in [0.1, 0.15) is 29.7 Å². The molecule has 3 aromatic rings. The number of fused-ring (bicyclic) bond motifs is 4. The molecule has 146 valence electrons. The normalized spacial score (nSPS) is 22.0. The fourth-order valence-electron chi connectivity index (χ4n) is 5.21. The fourth-order valence-corrected chi connectivity index (χ4v) is 5.21. The number of likely N-dealkylation sites (tertiary alicyclic amines) is 1. The van der Waals surface area contributed by atoms with Crippen molar-refractivity contribution in [3.05, 3.63) is 65.4 Å². The maximum absolute atomic E-state index is 5.50. The predicted molar refractivity (Wildman–Crippen MR) is 114 cm³/mol. The van der Waals surface area contributed by atoms with Crippen LogP contribution >= 0.6 is 0 Å². The van der Waals surface area contributed by atoms with Gasteiger partial charge in [-0.25, -0.2) is 0 Å². The summed E-state index contributed by atoms with van der Waals surface area (Å²) in [5.74, 6) is 1.01. The van der Waals surface area contributed by atoms with E-state index in [-0.39, 0.29) is 5.54 Å². The highest BCUT2D eigenvalue weighted by Gasteiger charge is 2.43. The number of aromatic nitrogens is 1. The van der Waals surface area contributed by atoms with Crippen molar-refractivity contribution in [1.29, 1.82) is 0 Å². The minimum atomic E-state index is 0.0943. The lowest BCUT2D eigenvalue weighted by Crippen LogP contribution is -2.49. The second kappa shape index (κ2) is 7.26. The Morgan fingerprint density at radius 1 is 1.11 bits per heavy atom. The Morgan fingerprint density at radius 3 is 2.89 bits per heavy atom. The molecule has 1 atom stereocenters. The van der Waals surface area contributed by atoms with Crippen LogP contribution in [0.4, 0.5) is 0 Å². The predicted octanol–water partition coefficient (Wildman–Crippen LogP) is 3.86. The van der Waals surface area contributed by atoms with Gasteiger partial charge in [0.2, 0.25) is 0 Å². The minimum Gasteiger partial charge on any atom is -0.496 e. The molecule has 2 aliphatic heterocycles. The maximum atomic E-state index is 5.50. The number of H-pyrrole nitrogens is 1. The van der Waals surface area contributed by atoms with Crippen LogP contribution in [0.3, 0.4) is 0 Å². The summed E-state index contributed by atoms with van der Waals surface area (Å²) in [6.07, 6.45) is 4.53. The molecule has 1 saturated heterocycles. The van der Waals surface area contributed by atoms with E-state index < -0.39 is 0 Å². The van der Waals surface area contributed by atoms with E-state index in [0.717, 1.165) is 51.2 Å². The zero-order valence-corrected chi connectivity index (χ0v) is 16.6. The molecule has 4 nitrogen and oxygen atoms in total. The Hall–Kier alpha value is -2.30. The van der Waals surface area contributed by atoms with Crippen molar-refractivity contribution in [2.45, 2.75) is 31.2 Å². The molecule has 3 heterocycles. The van der Waals surface area contributed by atoms with Crippen molar-refractivity contribution in [3.8, 4) is 5.75 Å². The number of nitrogens with one attached hydrogen (secondary N) is 2. The van der Waals surface area contributed by atoms with Crippen LogP contribution in [0, 0.1) is 0 Å². The molecule has 2 N–H and O–H groups in total. The maximum Gasteiger partial charge on any atom is 0.122 e. The van der Waals surface area contributed by atoms with Crippen molar-refractivity contribution in [3.63, 3.8) is 0 Å². The van der Waals surface area contributed by atoms with Crippen molar-refractivity contribution in [1.82, 2.24) is 15.2 Å². The van der Waals surface area contributed by atoms with Crippen molar-refractivity contribution in [2.75, 3.05) is 33.3 Å². The van der Waals surface area contributed by atoms with E-state index in [1.54, 1.807) is 7.11 Å². The Bertz CT molecular complexity index is 979. The lowest BCUT2D eigenvalue weighted by molar-refractivity contribution is 0.268. The molecule has 0 saturated carbocycles. The molecule has 0 aliphatic carbocycles. The number of methoxy groups -OCH3 is 1. The second-order valence-electron chi connectivity index (χ2n) is 8.22. The van der Waals surface area contributed by atoms with Gasteiger partial charge in [-0.2, -0.15) is 0 Å². The third-order valence-corrected chi connectivity index (χ3v) is 6.59. The molecule has 5 rings (SSSR count). The van der Waals surface area contributed by atoms with Crippen molar-refractivity contribution in [2.24, 2.45) is 0 Å². The van der Waals surface area contributed by atoms with E-state index in [0.29, 0.717) is 0 Å². The van der Waals surface area contributed by atoms with Gasteiger partial charge in [0, 0.05) is 36.2 Å². The third-order valence-electron chi connectivity index (χ3n) is 6.59. The molecule has 2 aromatic carbocycles. The van der Waals surface area contributed by atoms with E-state index in [4.69, 9.17) is 4.74 Å². The second-order valence-corrected chi connectivity index (χ2v) is 8.22. The summed E-state index contributed by atoms with van der Waals surface area (Å²) in [7, 11) is 1.76. The summed E-state index contributed by atoms with van der Waals surface area (Å²) in [5.41, 5.74) is 5.66.